The van der Waals surface area contributed by atoms with Gasteiger partial charge in [0.15, 0.2) is 0 Å². The lowest BCUT2D eigenvalue weighted by Crippen LogP contribution is -2.03. The molecule has 0 aliphatic heterocycles. The highest BCUT2D eigenvalue weighted by Gasteiger charge is 2.23. The van der Waals surface area contributed by atoms with Crippen LogP contribution >= 0.6 is 11.3 Å². The van der Waals surface area contributed by atoms with Gasteiger partial charge in [0.2, 0.25) is 11.9 Å². The Bertz CT molecular complexity index is 2760. The Hall–Kier alpha value is -5.92. The minimum absolute atomic E-state index is 0.641. The van der Waals surface area contributed by atoms with Gasteiger partial charge in [-0.05, 0) is 30.3 Å². The molecule has 0 N–H and O–H groups in total. The molecule has 0 spiro atoms. The van der Waals surface area contributed by atoms with E-state index in [1.54, 1.807) is 23.7 Å². The summed E-state index contributed by atoms with van der Waals surface area (Å²) in [6.45, 7) is 0. The van der Waals surface area contributed by atoms with Crippen LogP contribution in [0.15, 0.2) is 134 Å². The molecule has 5 aromatic carbocycles. The molecule has 0 unspecified atom stereocenters. The topological polar surface area (TPSA) is 61.4 Å². The Labute approximate surface area is 260 Å². The number of hydrogen-bond acceptors (Lipinski definition) is 5. The van der Waals surface area contributed by atoms with Crippen molar-refractivity contribution >= 4 is 75.3 Å². The Morgan fingerprint density at radius 3 is 1.98 bits per heavy atom. The average molecular weight is 595 g/mol. The predicted octanol–water partition coefficient (Wildman–Crippen LogP) is 9.50. The smallest absolute Gasteiger partial charge is 0.236 e. The fourth-order valence-electron chi connectivity index (χ4n) is 6.86. The lowest BCUT2D eigenvalue weighted by molar-refractivity contribution is 0.990. The summed E-state index contributed by atoms with van der Waals surface area (Å²) in [5.74, 6) is 1.29. The third kappa shape index (κ3) is 3.44. The van der Waals surface area contributed by atoms with Crippen LogP contribution in [0.4, 0.5) is 0 Å². The van der Waals surface area contributed by atoms with Crippen LogP contribution in [-0.2, 0) is 0 Å². The van der Waals surface area contributed by atoms with Crippen LogP contribution < -0.4 is 0 Å². The van der Waals surface area contributed by atoms with Crippen LogP contribution in [-0.4, -0.2) is 29.1 Å². The van der Waals surface area contributed by atoms with Gasteiger partial charge in [0.1, 0.15) is 4.83 Å². The first-order valence-corrected chi connectivity index (χ1v) is 15.6. The molecule has 0 aliphatic rings. The summed E-state index contributed by atoms with van der Waals surface area (Å²) in [7, 11) is 0. The number of aromatic nitrogens is 6. The number of nitrogens with zero attached hydrogens (tertiary/aromatic N) is 6. The second-order valence-electron chi connectivity index (χ2n) is 11.1. The molecule has 0 fully saturated rings. The first-order valence-electron chi connectivity index (χ1n) is 14.8. The Kier molecular flexibility index (Phi) is 5.06. The molecule has 0 radical (unpaired) electrons. The molecule has 45 heavy (non-hydrogen) atoms. The van der Waals surface area contributed by atoms with E-state index in [9.17, 15) is 0 Å². The Morgan fingerprint density at radius 2 is 1.16 bits per heavy atom. The zero-order chi connectivity index (χ0) is 29.5. The minimum atomic E-state index is 0.641. The summed E-state index contributed by atoms with van der Waals surface area (Å²) in [5, 5.41) is 6.83. The van der Waals surface area contributed by atoms with Crippen molar-refractivity contribution in [3.05, 3.63) is 134 Å². The molecule has 5 aromatic heterocycles. The van der Waals surface area contributed by atoms with Gasteiger partial charge in [0.05, 0.1) is 27.8 Å². The zero-order valence-corrected chi connectivity index (χ0v) is 24.6. The van der Waals surface area contributed by atoms with E-state index in [1.165, 1.54) is 10.1 Å². The van der Waals surface area contributed by atoms with Crippen LogP contribution in [0.5, 0.6) is 0 Å². The monoisotopic (exact) mass is 594 g/mol. The van der Waals surface area contributed by atoms with Crippen molar-refractivity contribution in [3.63, 3.8) is 0 Å². The van der Waals surface area contributed by atoms with Gasteiger partial charge in [-0.25, -0.2) is 19.9 Å². The van der Waals surface area contributed by atoms with Gasteiger partial charge >= 0.3 is 0 Å². The van der Waals surface area contributed by atoms with E-state index in [2.05, 4.69) is 118 Å². The van der Waals surface area contributed by atoms with Crippen LogP contribution in [0.1, 0.15) is 0 Å². The Balaban J connectivity index is 1.38. The van der Waals surface area contributed by atoms with Gasteiger partial charge in [-0.15, -0.1) is 11.3 Å². The molecule has 0 saturated heterocycles. The van der Waals surface area contributed by atoms with E-state index in [-0.39, 0.29) is 0 Å². The minimum Gasteiger partial charge on any atom is -0.278 e. The van der Waals surface area contributed by atoms with E-state index in [1.807, 2.05) is 12.1 Å². The summed E-state index contributed by atoms with van der Waals surface area (Å²) in [4.78, 5) is 21.0. The molecule has 0 saturated carbocycles. The first-order chi connectivity index (χ1) is 22.3. The SMILES string of the molecule is c1ccc(-c2nc(-n3c4ccccc4c4c3ccc3c5ccccc5n(-c5ncccn5)c34)nc3sc4ccccc4c23)cc1. The highest BCUT2D eigenvalue weighted by Crippen LogP contribution is 2.43. The number of benzene rings is 5. The van der Waals surface area contributed by atoms with E-state index in [4.69, 9.17) is 19.9 Å². The van der Waals surface area contributed by atoms with Gasteiger partial charge in [0.25, 0.3) is 0 Å². The summed E-state index contributed by atoms with van der Waals surface area (Å²) >= 11 is 1.71. The van der Waals surface area contributed by atoms with Gasteiger partial charge in [-0.2, -0.15) is 0 Å². The maximum Gasteiger partial charge on any atom is 0.236 e. The lowest BCUT2D eigenvalue weighted by atomic mass is 10.1. The number of para-hydroxylation sites is 2. The second-order valence-corrected chi connectivity index (χ2v) is 12.2. The third-order valence-corrected chi connectivity index (χ3v) is 9.76. The van der Waals surface area contributed by atoms with Crippen molar-refractivity contribution in [2.24, 2.45) is 0 Å². The molecule has 0 atom stereocenters. The normalized spacial score (nSPS) is 12.0. The van der Waals surface area contributed by atoms with Crippen LogP contribution in [0.2, 0.25) is 0 Å². The average Bonchev–Trinajstić information content (AvgIpc) is 3.76. The molecule has 10 aromatic rings. The molecular weight excluding hydrogens is 573 g/mol. The number of hydrogen-bond donors (Lipinski definition) is 0. The van der Waals surface area contributed by atoms with Crippen molar-refractivity contribution < 1.29 is 0 Å². The summed E-state index contributed by atoms with van der Waals surface area (Å²) < 4.78 is 5.61. The first kappa shape index (κ1) is 24.5. The third-order valence-electron chi connectivity index (χ3n) is 8.70. The fourth-order valence-corrected chi connectivity index (χ4v) is 7.93. The molecule has 210 valence electrons. The summed E-state index contributed by atoms with van der Waals surface area (Å²) in [6.07, 6.45) is 3.59. The molecule has 7 heteroatoms. The second kappa shape index (κ2) is 9.29. The molecule has 6 nitrogen and oxygen atoms in total. The number of thiophene rings is 1. The molecule has 0 aliphatic carbocycles. The summed E-state index contributed by atoms with van der Waals surface area (Å²) in [6, 6.07) is 42.2. The lowest BCUT2D eigenvalue weighted by Gasteiger charge is -2.10. The van der Waals surface area contributed by atoms with Crippen molar-refractivity contribution in [1.29, 1.82) is 0 Å². The zero-order valence-electron chi connectivity index (χ0n) is 23.8. The molecule has 10 rings (SSSR count). The van der Waals surface area contributed by atoms with Crippen molar-refractivity contribution in [1.82, 2.24) is 29.1 Å². The number of rotatable bonds is 3. The fraction of sp³-hybridized carbons (Fsp3) is 0. The maximum atomic E-state index is 5.37. The maximum absolute atomic E-state index is 5.37. The van der Waals surface area contributed by atoms with Gasteiger partial charge < -0.3 is 0 Å². The molecule has 0 bridgehead atoms. The van der Waals surface area contributed by atoms with Crippen LogP contribution in [0, 0.1) is 0 Å². The van der Waals surface area contributed by atoms with E-state index in [0.717, 1.165) is 65.1 Å². The Morgan fingerprint density at radius 1 is 0.467 bits per heavy atom. The van der Waals surface area contributed by atoms with Crippen molar-refractivity contribution in [2.45, 2.75) is 0 Å². The van der Waals surface area contributed by atoms with Crippen LogP contribution in [0.3, 0.4) is 0 Å². The quantitative estimate of drug-likeness (QED) is 0.204. The van der Waals surface area contributed by atoms with Crippen LogP contribution in [0.25, 0.3) is 87.1 Å². The van der Waals surface area contributed by atoms with Crippen molar-refractivity contribution in [3.8, 4) is 23.2 Å². The largest absolute Gasteiger partial charge is 0.278 e. The number of fused-ring (bicyclic) bond motifs is 10. The molecule has 5 heterocycles. The van der Waals surface area contributed by atoms with Gasteiger partial charge in [0, 0.05) is 55.0 Å². The highest BCUT2D eigenvalue weighted by atomic mass is 32.1. The van der Waals surface area contributed by atoms with E-state index in [0.29, 0.717) is 11.9 Å². The summed E-state index contributed by atoms with van der Waals surface area (Å²) in [5.41, 5.74) is 6.22. The molecule has 0 amide bonds. The predicted molar refractivity (Wildman–Crippen MR) is 185 cm³/mol. The van der Waals surface area contributed by atoms with Gasteiger partial charge in [-0.1, -0.05) is 91.0 Å². The van der Waals surface area contributed by atoms with E-state index < -0.39 is 0 Å². The standard InChI is InChI=1S/C38H22N6S/c1-2-11-23(12-3-1)34-33-27-15-6-9-18-31(27)45-36(33)42-38(41-34)43-29-17-8-5-14-26(29)32-30(43)20-19-25-24-13-4-7-16-28(24)44(35(25)32)37-39-21-10-22-40-37/h1-22H. The van der Waals surface area contributed by atoms with Crippen molar-refractivity contribution in [2.75, 3.05) is 0 Å². The van der Waals surface area contributed by atoms with E-state index >= 15 is 0 Å². The van der Waals surface area contributed by atoms with Gasteiger partial charge in [-0.3, -0.25) is 9.13 Å². The molecular formula is C38H22N6S. The highest BCUT2D eigenvalue weighted by molar-refractivity contribution is 7.25.